The van der Waals surface area contributed by atoms with Gasteiger partial charge in [0.15, 0.2) is 5.56 Å². The van der Waals surface area contributed by atoms with Crippen molar-refractivity contribution in [3.05, 3.63) is 40.1 Å². The molecule has 0 aliphatic rings. The minimum absolute atomic E-state index is 0.197. The van der Waals surface area contributed by atoms with E-state index in [4.69, 9.17) is 39.5 Å². The lowest BCUT2D eigenvalue weighted by atomic mass is 10.1. The fraction of sp³-hybridized carbons (Fsp3) is 0.214. The second kappa shape index (κ2) is 7.63. The number of carbonyl (C=O) groups is 1. The molecule has 0 bridgehead atoms. The molecule has 0 saturated heterocycles. The first-order valence-electron chi connectivity index (χ1n) is 6.14. The normalized spacial score (nSPS) is 11.8. The van der Waals surface area contributed by atoms with E-state index in [9.17, 15) is 4.79 Å². The van der Waals surface area contributed by atoms with Gasteiger partial charge in [-0.15, -0.1) is 0 Å². The van der Waals surface area contributed by atoms with Gasteiger partial charge >= 0.3 is 0 Å². The standard InChI is InChI=1S/C14H11Cl3N2O3/c1-21-14-13(9-3-2-4-10(15)12(9)17)19-8(6-18-14)5-11(16)22-7-20/h2-4,6-7,11H,5H2,1H3. The van der Waals surface area contributed by atoms with Crippen molar-refractivity contribution < 1.29 is 14.3 Å². The van der Waals surface area contributed by atoms with Crippen LogP contribution in [-0.4, -0.2) is 29.1 Å². The molecule has 8 heteroatoms. The van der Waals surface area contributed by atoms with Crippen LogP contribution in [0.4, 0.5) is 0 Å². The molecule has 0 amide bonds. The van der Waals surface area contributed by atoms with Crippen LogP contribution in [0.5, 0.6) is 5.88 Å². The molecular weight excluding hydrogens is 351 g/mol. The first-order valence-corrected chi connectivity index (χ1v) is 7.33. The van der Waals surface area contributed by atoms with E-state index in [1.807, 2.05) is 0 Å². The van der Waals surface area contributed by atoms with Crippen LogP contribution in [0, 0.1) is 0 Å². The molecule has 2 aromatic rings. The van der Waals surface area contributed by atoms with Gasteiger partial charge in [-0.25, -0.2) is 9.97 Å². The van der Waals surface area contributed by atoms with Crippen molar-refractivity contribution in [1.29, 1.82) is 0 Å². The number of alkyl halides is 1. The first kappa shape index (κ1) is 16.8. The molecule has 1 heterocycles. The number of aromatic nitrogens is 2. The number of hydrogen-bond acceptors (Lipinski definition) is 5. The highest BCUT2D eigenvalue weighted by Gasteiger charge is 2.17. The maximum absolute atomic E-state index is 10.3. The van der Waals surface area contributed by atoms with Crippen molar-refractivity contribution in [2.75, 3.05) is 7.11 Å². The van der Waals surface area contributed by atoms with Crippen LogP contribution in [0.25, 0.3) is 11.3 Å². The summed E-state index contributed by atoms with van der Waals surface area (Å²) in [6.07, 6.45) is 1.69. The van der Waals surface area contributed by atoms with E-state index in [0.29, 0.717) is 32.9 Å². The van der Waals surface area contributed by atoms with E-state index >= 15 is 0 Å². The fourth-order valence-corrected chi connectivity index (χ4v) is 2.39. The molecule has 0 aliphatic heterocycles. The van der Waals surface area contributed by atoms with Crippen LogP contribution >= 0.6 is 34.8 Å². The molecular formula is C14H11Cl3N2O3. The molecule has 0 saturated carbocycles. The van der Waals surface area contributed by atoms with E-state index in [1.54, 1.807) is 18.2 Å². The molecule has 1 atom stereocenters. The maximum Gasteiger partial charge on any atom is 0.294 e. The Labute approximate surface area is 142 Å². The van der Waals surface area contributed by atoms with E-state index in [0.717, 1.165) is 0 Å². The highest BCUT2D eigenvalue weighted by molar-refractivity contribution is 6.43. The Kier molecular flexibility index (Phi) is 5.83. The molecule has 0 aliphatic carbocycles. The van der Waals surface area contributed by atoms with E-state index < -0.39 is 5.56 Å². The molecule has 0 fully saturated rings. The Balaban J connectivity index is 2.44. The van der Waals surface area contributed by atoms with Gasteiger partial charge in [-0.2, -0.15) is 0 Å². The van der Waals surface area contributed by atoms with Gasteiger partial charge < -0.3 is 9.47 Å². The minimum Gasteiger partial charge on any atom is -0.479 e. The van der Waals surface area contributed by atoms with Gasteiger partial charge in [-0.1, -0.05) is 46.9 Å². The van der Waals surface area contributed by atoms with Crippen molar-refractivity contribution in [2.24, 2.45) is 0 Å². The Bertz CT molecular complexity index is 682. The van der Waals surface area contributed by atoms with Crippen LogP contribution in [-0.2, 0) is 16.0 Å². The summed E-state index contributed by atoms with van der Waals surface area (Å²) in [4.78, 5) is 18.9. The number of halogens is 3. The average molecular weight is 362 g/mol. The van der Waals surface area contributed by atoms with Crippen LogP contribution < -0.4 is 4.74 Å². The van der Waals surface area contributed by atoms with E-state index in [-0.39, 0.29) is 12.9 Å². The molecule has 0 N–H and O–H groups in total. The fourth-order valence-electron chi connectivity index (χ4n) is 1.80. The lowest BCUT2D eigenvalue weighted by molar-refractivity contribution is -0.130. The van der Waals surface area contributed by atoms with Crippen LogP contribution in [0.15, 0.2) is 24.4 Å². The largest absolute Gasteiger partial charge is 0.479 e. The van der Waals surface area contributed by atoms with Crippen LogP contribution in [0.3, 0.4) is 0 Å². The third-order valence-electron chi connectivity index (χ3n) is 2.76. The lowest BCUT2D eigenvalue weighted by Crippen LogP contribution is -2.10. The third-order valence-corrected chi connectivity index (χ3v) is 3.84. The summed E-state index contributed by atoms with van der Waals surface area (Å²) < 4.78 is 9.84. The van der Waals surface area contributed by atoms with E-state index in [2.05, 4.69) is 14.7 Å². The summed E-state index contributed by atoms with van der Waals surface area (Å²) in [5, 5.41) is 0.744. The summed E-state index contributed by atoms with van der Waals surface area (Å²) in [5.74, 6) is 0.301. The third kappa shape index (κ3) is 3.80. The molecule has 1 unspecified atom stereocenters. The summed E-state index contributed by atoms with van der Waals surface area (Å²) in [7, 11) is 1.48. The topological polar surface area (TPSA) is 61.3 Å². The minimum atomic E-state index is -0.831. The van der Waals surface area contributed by atoms with Crippen molar-refractivity contribution in [3.63, 3.8) is 0 Å². The van der Waals surface area contributed by atoms with Crippen LogP contribution in [0.2, 0.25) is 10.0 Å². The highest BCUT2D eigenvalue weighted by Crippen LogP contribution is 2.36. The summed E-state index contributed by atoms with van der Waals surface area (Å²) in [5.41, 5.74) is 0.710. The Hall–Kier alpha value is -1.56. The molecule has 22 heavy (non-hydrogen) atoms. The monoisotopic (exact) mass is 360 g/mol. The zero-order chi connectivity index (χ0) is 16.1. The summed E-state index contributed by atoms with van der Waals surface area (Å²) >= 11 is 18.1. The van der Waals surface area contributed by atoms with Gasteiger partial charge in [0, 0.05) is 12.0 Å². The molecule has 0 radical (unpaired) electrons. The predicted molar refractivity (Wildman–Crippen MR) is 84.5 cm³/mol. The van der Waals surface area contributed by atoms with Gasteiger partial charge in [-0.05, 0) is 6.07 Å². The van der Waals surface area contributed by atoms with Crippen molar-refractivity contribution in [1.82, 2.24) is 9.97 Å². The quantitative estimate of drug-likeness (QED) is 0.579. The molecule has 1 aromatic carbocycles. The van der Waals surface area contributed by atoms with Crippen LogP contribution in [0.1, 0.15) is 5.69 Å². The molecule has 5 nitrogen and oxygen atoms in total. The number of carbonyl (C=O) groups excluding carboxylic acids is 1. The number of nitrogens with zero attached hydrogens (tertiary/aromatic N) is 2. The van der Waals surface area contributed by atoms with Gasteiger partial charge in [0.1, 0.15) is 5.69 Å². The SMILES string of the molecule is COc1ncc(CC(Cl)OC=O)nc1-c1cccc(Cl)c1Cl. The highest BCUT2D eigenvalue weighted by atomic mass is 35.5. The number of benzene rings is 1. The van der Waals surface area contributed by atoms with Gasteiger partial charge in [0.25, 0.3) is 6.47 Å². The summed E-state index contributed by atoms with van der Waals surface area (Å²) in [6.45, 7) is 0.281. The summed E-state index contributed by atoms with van der Waals surface area (Å²) in [6, 6.07) is 5.17. The average Bonchev–Trinajstić information content (AvgIpc) is 2.50. The predicted octanol–water partition coefficient (Wildman–Crippen LogP) is 3.74. The Morgan fingerprint density at radius 3 is 2.82 bits per heavy atom. The lowest BCUT2D eigenvalue weighted by Gasteiger charge is -2.12. The van der Waals surface area contributed by atoms with Gasteiger partial charge in [0.2, 0.25) is 5.88 Å². The maximum atomic E-state index is 10.3. The van der Waals surface area contributed by atoms with E-state index in [1.165, 1.54) is 13.3 Å². The number of rotatable bonds is 6. The Morgan fingerprint density at radius 1 is 1.36 bits per heavy atom. The zero-order valence-electron chi connectivity index (χ0n) is 11.4. The molecule has 0 spiro atoms. The Morgan fingerprint density at radius 2 is 2.14 bits per heavy atom. The number of ether oxygens (including phenoxy) is 2. The van der Waals surface area contributed by atoms with Gasteiger partial charge in [-0.3, -0.25) is 4.79 Å². The second-order valence-electron chi connectivity index (χ2n) is 4.17. The van der Waals surface area contributed by atoms with Crippen molar-refractivity contribution >= 4 is 41.3 Å². The first-order chi connectivity index (χ1) is 10.6. The smallest absolute Gasteiger partial charge is 0.294 e. The molecule has 2 rings (SSSR count). The molecule has 1 aromatic heterocycles. The van der Waals surface area contributed by atoms with Crippen molar-refractivity contribution in [3.8, 4) is 17.1 Å². The zero-order valence-corrected chi connectivity index (χ0v) is 13.7. The second-order valence-corrected chi connectivity index (χ2v) is 5.44. The number of hydrogen-bond donors (Lipinski definition) is 0. The van der Waals surface area contributed by atoms with Gasteiger partial charge in [0.05, 0.1) is 29.0 Å². The molecule has 116 valence electrons. The number of methoxy groups -OCH3 is 1. The van der Waals surface area contributed by atoms with Crippen molar-refractivity contribution in [2.45, 2.75) is 12.0 Å².